The standard InChI is InChI=1S/C14H11Cl2N3O2/c15-10-4-1-5-11(16)13(10)19-12(20)8-18-14(21)9-3-2-6-17-7-9/h1-7H,8H2,(H,18,21)(H,19,20). The van der Waals surface area contributed by atoms with Gasteiger partial charge in [0.2, 0.25) is 5.91 Å². The number of amides is 2. The highest BCUT2D eigenvalue weighted by Gasteiger charge is 2.11. The number of pyridine rings is 1. The van der Waals surface area contributed by atoms with Gasteiger partial charge in [-0.25, -0.2) is 0 Å². The van der Waals surface area contributed by atoms with Crippen LogP contribution in [-0.2, 0) is 4.79 Å². The van der Waals surface area contributed by atoms with Crippen LogP contribution in [0.1, 0.15) is 10.4 Å². The number of carbonyl (C=O) groups excluding carboxylic acids is 2. The van der Waals surface area contributed by atoms with E-state index in [2.05, 4.69) is 15.6 Å². The van der Waals surface area contributed by atoms with Crippen molar-refractivity contribution < 1.29 is 9.59 Å². The second kappa shape index (κ2) is 7.06. The third-order valence-electron chi connectivity index (χ3n) is 2.56. The number of rotatable bonds is 4. The van der Waals surface area contributed by atoms with Crippen molar-refractivity contribution in [2.45, 2.75) is 0 Å². The fourth-order valence-electron chi connectivity index (χ4n) is 1.56. The molecule has 0 aliphatic carbocycles. The minimum Gasteiger partial charge on any atom is -0.343 e. The fraction of sp³-hybridized carbons (Fsp3) is 0.0714. The summed E-state index contributed by atoms with van der Waals surface area (Å²) in [6.07, 6.45) is 2.97. The third-order valence-corrected chi connectivity index (χ3v) is 3.19. The van der Waals surface area contributed by atoms with Gasteiger partial charge in [0.05, 0.1) is 27.8 Å². The summed E-state index contributed by atoms with van der Waals surface area (Å²) in [5.74, 6) is -0.814. The Morgan fingerprint density at radius 3 is 2.43 bits per heavy atom. The van der Waals surface area contributed by atoms with Crippen molar-refractivity contribution in [3.63, 3.8) is 0 Å². The van der Waals surface area contributed by atoms with E-state index in [1.807, 2.05) is 0 Å². The lowest BCUT2D eigenvalue weighted by Gasteiger charge is -2.09. The predicted octanol–water partition coefficient (Wildman–Crippen LogP) is 2.76. The van der Waals surface area contributed by atoms with E-state index in [9.17, 15) is 9.59 Å². The first kappa shape index (κ1) is 15.3. The van der Waals surface area contributed by atoms with Gasteiger partial charge < -0.3 is 10.6 Å². The number of para-hydroxylation sites is 1. The molecule has 5 nitrogen and oxygen atoms in total. The maximum Gasteiger partial charge on any atom is 0.253 e. The Morgan fingerprint density at radius 2 is 1.81 bits per heavy atom. The molecule has 2 rings (SSSR count). The molecule has 0 unspecified atom stereocenters. The largest absolute Gasteiger partial charge is 0.343 e. The smallest absolute Gasteiger partial charge is 0.253 e. The molecule has 0 radical (unpaired) electrons. The number of hydrogen-bond acceptors (Lipinski definition) is 3. The maximum absolute atomic E-state index is 11.8. The number of nitrogens with one attached hydrogen (secondary N) is 2. The number of carbonyl (C=O) groups is 2. The summed E-state index contributed by atoms with van der Waals surface area (Å²) in [7, 11) is 0. The number of anilines is 1. The van der Waals surface area contributed by atoms with Gasteiger partial charge in [-0.3, -0.25) is 14.6 Å². The molecule has 0 saturated heterocycles. The van der Waals surface area contributed by atoms with E-state index in [0.29, 0.717) is 21.3 Å². The minimum absolute atomic E-state index is 0.199. The maximum atomic E-state index is 11.8. The first-order chi connectivity index (χ1) is 10.1. The molecule has 2 N–H and O–H groups in total. The van der Waals surface area contributed by atoms with E-state index in [0.717, 1.165) is 0 Å². The molecule has 1 heterocycles. The third kappa shape index (κ3) is 4.18. The first-order valence-corrected chi connectivity index (χ1v) is 6.75. The second-order valence-corrected chi connectivity index (χ2v) is 4.88. The van der Waals surface area contributed by atoms with Crippen molar-refractivity contribution in [2.75, 3.05) is 11.9 Å². The van der Waals surface area contributed by atoms with Gasteiger partial charge in [0, 0.05) is 12.4 Å². The van der Waals surface area contributed by atoms with Gasteiger partial charge >= 0.3 is 0 Å². The normalized spacial score (nSPS) is 10.0. The number of aromatic nitrogens is 1. The lowest BCUT2D eigenvalue weighted by molar-refractivity contribution is -0.115. The summed E-state index contributed by atoms with van der Waals surface area (Å²) in [5, 5.41) is 5.69. The Morgan fingerprint density at radius 1 is 1.10 bits per heavy atom. The number of benzene rings is 1. The van der Waals surface area contributed by atoms with Crippen LogP contribution in [-0.4, -0.2) is 23.3 Å². The van der Waals surface area contributed by atoms with Gasteiger partial charge in [0.1, 0.15) is 0 Å². The van der Waals surface area contributed by atoms with E-state index >= 15 is 0 Å². The second-order valence-electron chi connectivity index (χ2n) is 4.07. The molecule has 0 aliphatic rings. The van der Waals surface area contributed by atoms with Gasteiger partial charge in [0.25, 0.3) is 5.91 Å². The summed E-state index contributed by atoms with van der Waals surface area (Å²) in [4.78, 5) is 27.4. The number of nitrogens with zero attached hydrogens (tertiary/aromatic N) is 1. The molecule has 0 spiro atoms. The van der Waals surface area contributed by atoms with Crippen molar-refractivity contribution >= 4 is 40.7 Å². The van der Waals surface area contributed by atoms with Crippen LogP contribution >= 0.6 is 23.2 Å². The van der Waals surface area contributed by atoms with Crippen molar-refractivity contribution in [3.05, 3.63) is 58.3 Å². The fourth-order valence-corrected chi connectivity index (χ4v) is 2.05. The lowest BCUT2D eigenvalue weighted by atomic mass is 10.2. The van der Waals surface area contributed by atoms with Crippen LogP contribution in [0.5, 0.6) is 0 Å². The Labute approximate surface area is 131 Å². The number of halogens is 2. The van der Waals surface area contributed by atoms with Crippen molar-refractivity contribution in [1.82, 2.24) is 10.3 Å². The molecule has 0 saturated carbocycles. The molecule has 2 aromatic rings. The van der Waals surface area contributed by atoms with Crippen molar-refractivity contribution in [1.29, 1.82) is 0 Å². The van der Waals surface area contributed by atoms with Crippen LogP contribution in [0.25, 0.3) is 0 Å². The number of hydrogen-bond donors (Lipinski definition) is 2. The molecule has 0 bridgehead atoms. The molecule has 1 aromatic heterocycles. The van der Waals surface area contributed by atoms with Gasteiger partial charge in [0.15, 0.2) is 0 Å². The van der Waals surface area contributed by atoms with Crippen LogP contribution in [0, 0.1) is 0 Å². The molecule has 7 heteroatoms. The van der Waals surface area contributed by atoms with Gasteiger partial charge in [-0.15, -0.1) is 0 Å². The highest BCUT2D eigenvalue weighted by molar-refractivity contribution is 6.39. The van der Waals surface area contributed by atoms with Crippen LogP contribution < -0.4 is 10.6 Å². The Kier molecular flexibility index (Phi) is 5.14. The molecule has 0 aliphatic heterocycles. The van der Waals surface area contributed by atoms with Crippen LogP contribution in [0.4, 0.5) is 5.69 Å². The van der Waals surface area contributed by atoms with Crippen LogP contribution in [0.2, 0.25) is 10.0 Å². The first-order valence-electron chi connectivity index (χ1n) is 6.00. The van der Waals surface area contributed by atoms with E-state index in [1.165, 1.54) is 6.20 Å². The average molecular weight is 324 g/mol. The molecule has 1 aromatic carbocycles. The zero-order chi connectivity index (χ0) is 15.2. The summed E-state index contributed by atoms with van der Waals surface area (Å²) >= 11 is 11.9. The Hall–Kier alpha value is -2.11. The van der Waals surface area contributed by atoms with Crippen LogP contribution in [0.3, 0.4) is 0 Å². The van der Waals surface area contributed by atoms with Crippen molar-refractivity contribution in [3.8, 4) is 0 Å². The average Bonchev–Trinajstić information content (AvgIpc) is 2.49. The van der Waals surface area contributed by atoms with E-state index in [1.54, 1.807) is 36.5 Å². The molecular formula is C14H11Cl2N3O2. The predicted molar refractivity (Wildman–Crippen MR) is 81.7 cm³/mol. The quantitative estimate of drug-likeness (QED) is 0.908. The van der Waals surface area contributed by atoms with Gasteiger partial charge in [-0.05, 0) is 24.3 Å². The zero-order valence-corrected chi connectivity index (χ0v) is 12.3. The highest BCUT2D eigenvalue weighted by Crippen LogP contribution is 2.29. The minimum atomic E-state index is -0.428. The topological polar surface area (TPSA) is 71.1 Å². The lowest BCUT2D eigenvalue weighted by Crippen LogP contribution is -2.33. The van der Waals surface area contributed by atoms with E-state index < -0.39 is 5.91 Å². The molecule has 108 valence electrons. The monoisotopic (exact) mass is 323 g/mol. The molecular weight excluding hydrogens is 313 g/mol. The van der Waals surface area contributed by atoms with Gasteiger partial charge in [-0.2, -0.15) is 0 Å². The summed E-state index contributed by atoms with van der Waals surface area (Å²) < 4.78 is 0. The summed E-state index contributed by atoms with van der Waals surface area (Å²) in [6, 6.07) is 8.13. The summed E-state index contributed by atoms with van der Waals surface area (Å²) in [6.45, 7) is -0.199. The summed E-state index contributed by atoms with van der Waals surface area (Å²) in [5.41, 5.74) is 0.697. The van der Waals surface area contributed by atoms with Gasteiger partial charge in [-0.1, -0.05) is 29.3 Å². The molecule has 0 fully saturated rings. The van der Waals surface area contributed by atoms with E-state index in [-0.39, 0.29) is 12.5 Å². The highest BCUT2D eigenvalue weighted by atomic mass is 35.5. The SMILES string of the molecule is O=C(CNC(=O)c1cccnc1)Nc1c(Cl)cccc1Cl. The van der Waals surface area contributed by atoms with E-state index in [4.69, 9.17) is 23.2 Å². The zero-order valence-electron chi connectivity index (χ0n) is 10.8. The molecule has 21 heavy (non-hydrogen) atoms. The van der Waals surface area contributed by atoms with Crippen molar-refractivity contribution in [2.24, 2.45) is 0 Å². The Balaban J connectivity index is 1.92. The molecule has 0 atom stereocenters. The Bertz CT molecular complexity index is 642. The van der Waals surface area contributed by atoms with Crippen LogP contribution in [0.15, 0.2) is 42.7 Å². The molecule has 2 amide bonds.